The molecule has 100 valence electrons. The molecule has 17 heavy (non-hydrogen) atoms. The zero-order valence-corrected chi connectivity index (χ0v) is 11.1. The van der Waals surface area contributed by atoms with Crippen molar-refractivity contribution in [3.8, 4) is 0 Å². The van der Waals surface area contributed by atoms with Gasteiger partial charge in [0.2, 0.25) is 5.91 Å². The van der Waals surface area contributed by atoms with Gasteiger partial charge in [-0.25, -0.2) is 0 Å². The van der Waals surface area contributed by atoms with Crippen LogP contribution in [0.4, 0.5) is 0 Å². The van der Waals surface area contributed by atoms with Crippen LogP contribution in [0.2, 0.25) is 0 Å². The van der Waals surface area contributed by atoms with E-state index in [1.54, 1.807) is 0 Å². The highest BCUT2D eigenvalue weighted by molar-refractivity contribution is 5.77. The minimum absolute atomic E-state index is 0.121. The number of aliphatic hydroxyl groups excluding tert-OH is 1. The Labute approximate surface area is 104 Å². The van der Waals surface area contributed by atoms with E-state index in [0.29, 0.717) is 18.8 Å². The predicted octanol–water partition coefficient (Wildman–Crippen LogP) is 1.04. The van der Waals surface area contributed by atoms with Crippen LogP contribution in [0.3, 0.4) is 0 Å². The van der Waals surface area contributed by atoms with E-state index in [9.17, 15) is 4.79 Å². The highest BCUT2D eigenvalue weighted by Gasteiger charge is 2.25. The molecule has 2 unspecified atom stereocenters. The summed E-state index contributed by atoms with van der Waals surface area (Å²) in [6, 6.07) is 0. The van der Waals surface area contributed by atoms with E-state index in [1.807, 2.05) is 13.8 Å². The summed E-state index contributed by atoms with van der Waals surface area (Å²) in [6.45, 7) is 6.19. The summed E-state index contributed by atoms with van der Waals surface area (Å²) >= 11 is 0. The van der Waals surface area contributed by atoms with Gasteiger partial charge in [0.25, 0.3) is 0 Å². The Morgan fingerprint density at radius 2 is 2.35 bits per heavy atom. The Kier molecular flexibility index (Phi) is 5.92. The van der Waals surface area contributed by atoms with Crippen LogP contribution in [0.25, 0.3) is 0 Å². The standard InChI is InChI=1S/C13H26N2O2/c1-3-13(2,6-8-16)15-12(17)9-11-5-4-7-14-10-11/h11,14,16H,3-10H2,1-2H3,(H,15,17). The van der Waals surface area contributed by atoms with Crippen molar-refractivity contribution in [2.75, 3.05) is 19.7 Å². The summed E-state index contributed by atoms with van der Waals surface area (Å²) in [4.78, 5) is 11.9. The van der Waals surface area contributed by atoms with Gasteiger partial charge < -0.3 is 15.7 Å². The fourth-order valence-corrected chi connectivity index (χ4v) is 2.32. The van der Waals surface area contributed by atoms with Crippen molar-refractivity contribution in [3.63, 3.8) is 0 Å². The molecule has 0 radical (unpaired) electrons. The number of rotatable bonds is 6. The van der Waals surface area contributed by atoms with Crippen molar-refractivity contribution in [1.82, 2.24) is 10.6 Å². The molecule has 1 fully saturated rings. The van der Waals surface area contributed by atoms with Gasteiger partial charge in [-0.2, -0.15) is 0 Å². The third-order valence-corrected chi connectivity index (χ3v) is 3.76. The number of carbonyl (C=O) groups is 1. The second-order valence-electron chi connectivity index (χ2n) is 5.35. The summed E-state index contributed by atoms with van der Waals surface area (Å²) in [5.41, 5.74) is -0.256. The van der Waals surface area contributed by atoms with Crippen LogP contribution in [0.1, 0.15) is 46.0 Å². The van der Waals surface area contributed by atoms with E-state index in [-0.39, 0.29) is 18.1 Å². The molecule has 0 bridgehead atoms. The quantitative estimate of drug-likeness (QED) is 0.652. The fraction of sp³-hybridized carbons (Fsp3) is 0.923. The van der Waals surface area contributed by atoms with Crippen molar-refractivity contribution < 1.29 is 9.90 Å². The molecule has 0 saturated carbocycles. The third-order valence-electron chi connectivity index (χ3n) is 3.76. The first-order valence-electron chi connectivity index (χ1n) is 6.72. The molecule has 0 aromatic heterocycles. The van der Waals surface area contributed by atoms with Gasteiger partial charge in [-0.15, -0.1) is 0 Å². The van der Waals surface area contributed by atoms with Gasteiger partial charge in [-0.1, -0.05) is 6.92 Å². The van der Waals surface area contributed by atoms with Crippen LogP contribution in [0.5, 0.6) is 0 Å². The Morgan fingerprint density at radius 1 is 1.59 bits per heavy atom. The van der Waals surface area contributed by atoms with Gasteiger partial charge in [0, 0.05) is 18.6 Å². The second-order valence-corrected chi connectivity index (χ2v) is 5.35. The molecule has 3 N–H and O–H groups in total. The summed E-state index contributed by atoms with van der Waals surface area (Å²) in [7, 11) is 0. The number of hydrogen-bond donors (Lipinski definition) is 3. The van der Waals surface area contributed by atoms with Crippen molar-refractivity contribution in [1.29, 1.82) is 0 Å². The molecule has 1 aliphatic rings. The lowest BCUT2D eigenvalue weighted by atomic mass is 9.92. The molecule has 1 heterocycles. The number of piperidine rings is 1. The van der Waals surface area contributed by atoms with Crippen molar-refractivity contribution in [3.05, 3.63) is 0 Å². The van der Waals surface area contributed by atoms with Gasteiger partial charge in [-0.05, 0) is 51.6 Å². The maximum absolute atomic E-state index is 11.9. The molecule has 0 aromatic carbocycles. The number of aliphatic hydroxyl groups is 1. The normalized spacial score (nSPS) is 24.1. The van der Waals surface area contributed by atoms with Gasteiger partial charge in [0.1, 0.15) is 0 Å². The van der Waals surface area contributed by atoms with Gasteiger partial charge in [0.15, 0.2) is 0 Å². The first-order chi connectivity index (χ1) is 8.09. The van der Waals surface area contributed by atoms with Gasteiger partial charge in [-0.3, -0.25) is 4.79 Å². The van der Waals surface area contributed by atoms with Crippen molar-refractivity contribution in [2.24, 2.45) is 5.92 Å². The van der Waals surface area contributed by atoms with Crippen LogP contribution in [0, 0.1) is 5.92 Å². The molecule has 4 nitrogen and oxygen atoms in total. The molecule has 1 amide bonds. The number of hydrogen-bond acceptors (Lipinski definition) is 3. The van der Waals surface area contributed by atoms with E-state index in [1.165, 1.54) is 6.42 Å². The van der Waals surface area contributed by atoms with Gasteiger partial charge >= 0.3 is 0 Å². The Bertz CT molecular complexity index is 240. The lowest BCUT2D eigenvalue weighted by Crippen LogP contribution is -2.47. The summed E-state index contributed by atoms with van der Waals surface area (Å²) in [6.07, 6.45) is 4.39. The van der Waals surface area contributed by atoms with Gasteiger partial charge in [0.05, 0.1) is 0 Å². The molecule has 2 atom stereocenters. The largest absolute Gasteiger partial charge is 0.396 e. The third kappa shape index (κ3) is 5.04. The van der Waals surface area contributed by atoms with Crippen molar-refractivity contribution in [2.45, 2.75) is 51.5 Å². The monoisotopic (exact) mass is 242 g/mol. The van der Waals surface area contributed by atoms with Crippen LogP contribution in [0.15, 0.2) is 0 Å². The maximum Gasteiger partial charge on any atom is 0.220 e. The first-order valence-corrected chi connectivity index (χ1v) is 6.72. The summed E-state index contributed by atoms with van der Waals surface area (Å²) in [5.74, 6) is 0.593. The topological polar surface area (TPSA) is 61.4 Å². The smallest absolute Gasteiger partial charge is 0.220 e. The number of amides is 1. The zero-order chi connectivity index (χ0) is 12.7. The molecule has 0 spiro atoms. The van der Waals surface area contributed by atoms with Crippen molar-refractivity contribution >= 4 is 5.91 Å². The average molecular weight is 242 g/mol. The molecule has 1 rings (SSSR count). The molecule has 1 aliphatic heterocycles. The minimum atomic E-state index is -0.256. The highest BCUT2D eigenvalue weighted by atomic mass is 16.3. The summed E-state index contributed by atoms with van der Waals surface area (Å²) in [5, 5.41) is 15.4. The SMILES string of the molecule is CCC(C)(CCO)NC(=O)CC1CCCNC1. The van der Waals surface area contributed by atoms with E-state index in [2.05, 4.69) is 10.6 Å². The predicted molar refractivity (Wildman–Crippen MR) is 68.8 cm³/mol. The van der Waals surface area contributed by atoms with E-state index in [0.717, 1.165) is 25.9 Å². The number of carbonyl (C=O) groups excluding carboxylic acids is 1. The zero-order valence-electron chi connectivity index (χ0n) is 11.1. The molecular formula is C13H26N2O2. The highest BCUT2D eigenvalue weighted by Crippen LogP contribution is 2.17. The number of nitrogens with one attached hydrogen (secondary N) is 2. The Morgan fingerprint density at radius 3 is 2.88 bits per heavy atom. The average Bonchev–Trinajstić information content (AvgIpc) is 2.30. The Balaban J connectivity index is 2.36. The Hall–Kier alpha value is -0.610. The lowest BCUT2D eigenvalue weighted by molar-refractivity contribution is -0.124. The summed E-state index contributed by atoms with van der Waals surface area (Å²) < 4.78 is 0. The van der Waals surface area contributed by atoms with E-state index < -0.39 is 0 Å². The molecule has 0 aromatic rings. The molecular weight excluding hydrogens is 216 g/mol. The van der Waals surface area contributed by atoms with Crippen LogP contribution in [-0.4, -0.2) is 36.2 Å². The minimum Gasteiger partial charge on any atom is -0.396 e. The molecule has 1 saturated heterocycles. The lowest BCUT2D eigenvalue weighted by Gasteiger charge is -2.30. The van der Waals surface area contributed by atoms with E-state index >= 15 is 0 Å². The second kappa shape index (κ2) is 6.97. The maximum atomic E-state index is 11.9. The van der Waals surface area contributed by atoms with Crippen LogP contribution >= 0.6 is 0 Å². The van der Waals surface area contributed by atoms with Crippen LogP contribution < -0.4 is 10.6 Å². The van der Waals surface area contributed by atoms with E-state index in [4.69, 9.17) is 5.11 Å². The fourth-order valence-electron chi connectivity index (χ4n) is 2.32. The molecule has 0 aliphatic carbocycles. The van der Waals surface area contributed by atoms with Crippen LogP contribution in [-0.2, 0) is 4.79 Å². The first kappa shape index (κ1) is 14.5. The molecule has 4 heteroatoms.